The molecular formula is C6H10P2. The molecule has 0 saturated carbocycles. The van der Waals surface area contributed by atoms with Gasteiger partial charge in [-0.15, -0.1) is 0 Å². The van der Waals surface area contributed by atoms with Crippen LogP contribution in [-0.2, 0) is 0 Å². The first-order valence-corrected chi connectivity index (χ1v) is 5.36. The molecule has 0 aromatic rings. The van der Waals surface area contributed by atoms with Crippen LogP contribution in [0, 0.1) is 0 Å². The smallest absolute Gasteiger partial charge is 0.0239 e. The number of hydrogen-bond donors (Lipinski definition) is 0. The van der Waals surface area contributed by atoms with Crippen LogP contribution in [0.2, 0.25) is 0 Å². The fourth-order valence-corrected chi connectivity index (χ4v) is 3.84. The van der Waals surface area contributed by atoms with Crippen molar-refractivity contribution >= 4 is 15.7 Å². The predicted molar refractivity (Wildman–Crippen MR) is 41.7 cm³/mol. The highest BCUT2D eigenvalue weighted by Crippen LogP contribution is 2.41. The predicted octanol–water partition coefficient (Wildman–Crippen LogP) is 3.49. The first-order chi connectivity index (χ1) is 3.72. The van der Waals surface area contributed by atoms with Crippen molar-refractivity contribution in [3.8, 4) is 0 Å². The first-order valence-electron chi connectivity index (χ1n) is 2.80. The second-order valence-corrected chi connectivity index (χ2v) is 5.33. The van der Waals surface area contributed by atoms with Gasteiger partial charge in [0.2, 0.25) is 0 Å². The SMILES string of the molecule is CC1=C(C)C(C)P=P1. The third-order valence-corrected chi connectivity index (χ3v) is 5.37. The highest BCUT2D eigenvalue weighted by molar-refractivity contribution is 7.87. The van der Waals surface area contributed by atoms with E-state index in [0.29, 0.717) is 0 Å². The maximum Gasteiger partial charge on any atom is 0.0239 e. The molecule has 0 saturated heterocycles. The molecule has 0 N–H and O–H groups in total. The Hall–Kier alpha value is 0.340. The van der Waals surface area contributed by atoms with Gasteiger partial charge in [0.1, 0.15) is 0 Å². The van der Waals surface area contributed by atoms with E-state index >= 15 is 0 Å². The Morgan fingerprint density at radius 1 is 1.38 bits per heavy atom. The van der Waals surface area contributed by atoms with Crippen molar-refractivity contribution in [2.75, 3.05) is 0 Å². The van der Waals surface area contributed by atoms with Gasteiger partial charge in [0, 0.05) is 5.66 Å². The van der Waals surface area contributed by atoms with Crippen molar-refractivity contribution in [3.63, 3.8) is 0 Å². The van der Waals surface area contributed by atoms with Gasteiger partial charge in [0.25, 0.3) is 0 Å². The lowest BCUT2D eigenvalue weighted by Crippen LogP contribution is -1.88. The Balaban J connectivity index is 2.85. The van der Waals surface area contributed by atoms with Gasteiger partial charge < -0.3 is 0 Å². The van der Waals surface area contributed by atoms with E-state index in [2.05, 4.69) is 20.8 Å². The summed E-state index contributed by atoms with van der Waals surface area (Å²) in [6.07, 6.45) is 0. The molecule has 1 rings (SSSR count). The van der Waals surface area contributed by atoms with Crippen LogP contribution in [0.3, 0.4) is 0 Å². The molecule has 1 aliphatic rings. The van der Waals surface area contributed by atoms with E-state index in [9.17, 15) is 0 Å². The lowest BCUT2D eigenvalue weighted by molar-refractivity contribution is 1.11. The van der Waals surface area contributed by atoms with Crippen molar-refractivity contribution in [2.45, 2.75) is 26.4 Å². The molecule has 1 aliphatic heterocycles. The summed E-state index contributed by atoms with van der Waals surface area (Å²) in [6.45, 7) is 6.76. The molecule has 0 amide bonds. The van der Waals surface area contributed by atoms with E-state index < -0.39 is 0 Å². The molecule has 1 unspecified atom stereocenters. The summed E-state index contributed by atoms with van der Waals surface area (Å²) in [5.41, 5.74) is 2.44. The first kappa shape index (κ1) is 6.46. The lowest BCUT2D eigenvalue weighted by atomic mass is 10.2. The largest absolute Gasteiger partial charge is 0.0636 e. The molecule has 1 atom stereocenters. The Morgan fingerprint density at radius 3 is 2.12 bits per heavy atom. The average molecular weight is 144 g/mol. The van der Waals surface area contributed by atoms with Crippen LogP contribution in [0.25, 0.3) is 0 Å². The van der Waals surface area contributed by atoms with E-state index in [0.717, 1.165) is 5.66 Å². The maximum atomic E-state index is 2.29. The monoisotopic (exact) mass is 144 g/mol. The van der Waals surface area contributed by atoms with Gasteiger partial charge in [-0.2, -0.15) is 0 Å². The molecule has 0 aliphatic carbocycles. The highest BCUT2D eigenvalue weighted by Gasteiger charge is 2.08. The van der Waals surface area contributed by atoms with E-state index in [1.54, 1.807) is 18.8 Å². The van der Waals surface area contributed by atoms with Crippen molar-refractivity contribution in [3.05, 3.63) is 10.9 Å². The number of rotatable bonds is 0. The summed E-state index contributed by atoms with van der Waals surface area (Å²) in [6, 6.07) is 0. The van der Waals surface area contributed by atoms with Gasteiger partial charge in [-0.05, 0) is 27.0 Å². The standard InChI is InChI=1S/C6H10P2/c1-4-5(2)7-8-6(4)3/h5H,1-3H3. The van der Waals surface area contributed by atoms with E-state index in [1.165, 1.54) is 7.87 Å². The summed E-state index contributed by atoms with van der Waals surface area (Å²) in [4.78, 5) is 0. The number of allylic oxidation sites excluding steroid dienone is 2. The second kappa shape index (κ2) is 2.29. The molecule has 8 heavy (non-hydrogen) atoms. The minimum atomic E-state index is 0.830. The molecule has 44 valence electrons. The van der Waals surface area contributed by atoms with Gasteiger partial charge in [0.05, 0.1) is 0 Å². The maximum absolute atomic E-state index is 2.29. The summed E-state index contributed by atoms with van der Waals surface area (Å²) < 4.78 is 0. The number of hydrogen-bond acceptors (Lipinski definition) is 0. The van der Waals surface area contributed by atoms with Crippen molar-refractivity contribution in [1.29, 1.82) is 0 Å². The zero-order valence-corrected chi connectivity index (χ0v) is 7.26. The molecular weight excluding hydrogens is 134 g/mol. The van der Waals surface area contributed by atoms with E-state index in [-0.39, 0.29) is 0 Å². The zero-order chi connectivity index (χ0) is 6.15. The molecule has 0 nitrogen and oxygen atoms in total. The van der Waals surface area contributed by atoms with Crippen LogP contribution in [0.4, 0.5) is 0 Å². The van der Waals surface area contributed by atoms with Crippen LogP contribution >= 0.6 is 15.7 Å². The third-order valence-electron chi connectivity index (χ3n) is 1.58. The zero-order valence-electron chi connectivity index (χ0n) is 5.47. The molecule has 0 aromatic heterocycles. The Labute approximate surface area is 53.8 Å². The quantitative estimate of drug-likeness (QED) is 0.456. The molecule has 2 heteroatoms. The van der Waals surface area contributed by atoms with Crippen molar-refractivity contribution in [1.82, 2.24) is 0 Å². The minimum absolute atomic E-state index is 0.830. The van der Waals surface area contributed by atoms with Crippen LogP contribution < -0.4 is 0 Å². The van der Waals surface area contributed by atoms with Crippen LogP contribution in [0.1, 0.15) is 20.8 Å². The molecule has 0 bridgehead atoms. The second-order valence-electron chi connectivity index (χ2n) is 2.16. The molecule has 0 radical (unpaired) electrons. The minimum Gasteiger partial charge on any atom is -0.0636 e. The Bertz CT molecular complexity index is 156. The average Bonchev–Trinajstić information content (AvgIpc) is 1.98. The summed E-state index contributed by atoms with van der Waals surface area (Å²) in [5, 5.41) is 1.58. The molecule has 1 heterocycles. The van der Waals surface area contributed by atoms with Crippen LogP contribution in [0.5, 0.6) is 0 Å². The van der Waals surface area contributed by atoms with Crippen molar-refractivity contribution < 1.29 is 0 Å². The van der Waals surface area contributed by atoms with E-state index in [4.69, 9.17) is 0 Å². The van der Waals surface area contributed by atoms with Crippen molar-refractivity contribution in [2.24, 2.45) is 0 Å². The summed E-state index contributed by atoms with van der Waals surface area (Å²) in [7, 11) is 3.11. The summed E-state index contributed by atoms with van der Waals surface area (Å²) in [5.74, 6) is 0. The Morgan fingerprint density at radius 2 is 2.00 bits per heavy atom. The third kappa shape index (κ3) is 1.02. The summed E-state index contributed by atoms with van der Waals surface area (Å²) >= 11 is 0. The fraction of sp³-hybridized carbons (Fsp3) is 0.667. The topological polar surface area (TPSA) is 0 Å². The highest BCUT2D eigenvalue weighted by atomic mass is 31.7. The lowest BCUT2D eigenvalue weighted by Gasteiger charge is -1.97. The Kier molecular flexibility index (Phi) is 1.85. The van der Waals surface area contributed by atoms with Gasteiger partial charge in [0.15, 0.2) is 0 Å². The molecule has 0 aromatic carbocycles. The molecule has 0 fully saturated rings. The van der Waals surface area contributed by atoms with Gasteiger partial charge >= 0.3 is 0 Å². The van der Waals surface area contributed by atoms with Gasteiger partial charge in [-0.3, -0.25) is 0 Å². The normalized spacial score (nSPS) is 31.6. The van der Waals surface area contributed by atoms with Crippen LogP contribution in [0.15, 0.2) is 10.9 Å². The fourth-order valence-electron chi connectivity index (χ4n) is 0.641. The molecule has 0 spiro atoms. The van der Waals surface area contributed by atoms with E-state index in [1.807, 2.05) is 0 Å². The van der Waals surface area contributed by atoms with Gasteiger partial charge in [-0.1, -0.05) is 20.4 Å². The van der Waals surface area contributed by atoms with Crippen LogP contribution in [-0.4, -0.2) is 5.66 Å². The van der Waals surface area contributed by atoms with Gasteiger partial charge in [-0.25, -0.2) is 0 Å².